The minimum atomic E-state index is -0.0370. The molecule has 0 amide bonds. The molecule has 1 atom stereocenters. The summed E-state index contributed by atoms with van der Waals surface area (Å²) in [5, 5.41) is 4.28. The van der Waals surface area contributed by atoms with E-state index in [0.717, 1.165) is 37.4 Å². The van der Waals surface area contributed by atoms with E-state index in [0.29, 0.717) is 18.6 Å². The first-order valence-electron chi connectivity index (χ1n) is 7.09. The van der Waals surface area contributed by atoms with Crippen LogP contribution in [0.2, 0.25) is 0 Å². The molecule has 0 spiro atoms. The normalized spacial score (nSPS) is 18.2. The first kappa shape index (κ1) is 15.4. The zero-order valence-corrected chi connectivity index (χ0v) is 13.1. The van der Waals surface area contributed by atoms with E-state index in [2.05, 4.69) is 29.6 Å². The maximum atomic E-state index is 12.1. The predicted molar refractivity (Wildman–Crippen MR) is 83.8 cm³/mol. The second kappa shape index (κ2) is 7.13. The van der Waals surface area contributed by atoms with Gasteiger partial charge in [-0.15, -0.1) is 0 Å². The van der Waals surface area contributed by atoms with Crippen molar-refractivity contribution >= 4 is 18.3 Å². The molecule has 2 rings (SSSR count). The fourth-order valence-electron chi connectivity index (χ4n) is 2.44. The largest absolute Gasteiger partial charge is 0.381 e. The van der Waals surface area contributed by atoms with Gasteiger partial charge in [-0.25, -0.2) is 4.68 Å². The molecule has 0 radical (unpaired) electrons. The number of methoxy groups -OCH3 is 1. The Labute approximate surface area is 125 Å². The van der Waals surface area contributed by atoms with Crippen molar-refractivity contribution in [2.75, 3.05) is 30.9 Å². The Hall–Kier alpha value is -1.01. The molecular formula is C14H23N3O2S. The lowest BCUT2D eigenvalue weighted by Crippen LogP contribution is -2.38. The third-order valence-electron chi connectivity index (χ3n) is 3.79. The van der Waals surface area contributed by atoms with Crippen LogP contribution in [0.15, 0.2) is 17.1 Å². The molecular weight excluding hydrogens is 274 g/mol. The van der Waals surface area contributed by atoms with Crippen molar-refractivity contribution in [2.45, 2.75) is 32.4 Å². The molecule has 1 fully saturated rings. The van der Waals surface area contributed by atoms with Crippen LogP contribution in [0.4, 0.5) is 5.69 Å². The van der Waals surface area contributed by atoms with Gasteiger partial charge in [0.2, 0.25) is 0 Å². The first-order chi connectivity index (χ1) is 9.63. The molecule has 0 saturated carbocycles. The first-order valence-corrected chi connectivity index (χ1v) is 7.73. The Morgan fingerprint density at radius 1 is 1.50 bits per heavy atom. The number of hydrogen-bond acceptors (Lipinski definition) is 5. The topological polar surface area (TPSA) is 47.4 Å². The van der Waals surface area contributed by atoms with Gasteiger partial charge < -0.3 is 9.64 Å². The van der Waals surface area contributed by atoms with Crippen molar-refractivity contribution in [1.82, 2.24) is 9.78 Å². The van der Waals surface area contributed by atoms with Crippen molar-refractivity contribution in [3.05, 3.63) is 22.6 Å². The van der Waals surface area contributed by atoms with Gasteiger partial charge in [-0.3, -0.25) is 4.79 Å². The molecule has 20 heavy (non-hydrogen) atoms. The molecule has 1 aliphatic rings. The summed E-state index contributed by atoms with van der Waals surface area (Å²) < 4.78 is 6.88. The molecule has 6 heteroatoms. The second-order valence-corrected chi connectivity index (χ2v) is 5.81. The molecule has 0 N–H and O–H groups in total. The standard InChI is InChI=1S/C14H23N3O2S/c1-11(10-20)9-17-14(18)7-12(8-15-17)16-5-3-13(19-2)4-6-16/h7-8,11,13,20H,3-6,9-10H2,1-2H3. The predicted octanol–water partition coefficient (Wildman–Crippen LogP) is 1.42. The van der Waals surface area contributed by atoms with Crippen LogP contribution >= 0.6 is 12.6 Å². The van der Waals surface area contributed by atoms with Crippen molar-refractivity contribution in [2.24, 2.45) is 5.92 Å². The third-order valence-corrected chi connectivity index (χ3v) is 4.42. The zero-order chi connectivity index (χ0) is 14.5. The summed E-state index contributed by atoms with van der Waals surface area (Å²) in [7, 11) is 1.76. The summed E-state index contributed by atoms with van der Waals surface area (Å²) in [5.74, 6) is 1.09. The molecule has 2 heterocycles. The lowest BCUT2D eigenvalue weighted by atomic mass is 10.1. The summed E-state index contributed by atoms with van der Waals surface area (Å²) >= 11 is 4.24. The highest BCUT2D eigenvalue weighted by atomic mass is 32.1. The highest BCUT2D eigenvalue weighted by Gasteiger charge is 2.19. The summed E-state index contributed by atoms with van der Waals surface area (Å²) in [6.45, 7) is 4.51. The molecule has 1 aromatic heterocycles. The average Bonchev–Trinajstić information content (AvgIpc) is 2.49. The van der Waals surface area contributed by atoms with Crippen LogP contribution in [0.5, 0.6) is 0 Å². The van der Waals surface area contributed by atoms with Gasteiger partial charge >= 0.3 is 0 Å². The van der Waals surface area contributed by atoms with Crippen LogP contribution in [0.25, 0.3) is 0 Å². The van der Waals surface area contributed by atoms with Crippen LogP contribution in [-0.2, 0) is 11.3 Å². The van der Waals surface area contributed by atoms with Gasteiger partial charge in [0.25, 0.3) is 5.56 Å². The molecule has 112 valence electrons. The molecule has 1 saturated heterocycles. The number of nitrogens with zero attached hydrogens (tertiary/aromatic N) is 3. The Kier molecular flexibility index (Phi) is 5.48. The highest BCUT2D eigenvalue weighted by molar-refractivity contribution is 7.80. The third kappa shape index (κ3) is 3.76. The second-order valence-electron chi connectivity index (χ2n) is 5.44. The van der Waals surface area contributed by atoms with E-state index in [9.17, 15) is 4.79 Å². The highest BCUT2D eigenvalue weighted by Crippen LogP contribution is 2.19. The van der Waals surface area contributed by atoms with Crippen molar-refractivity contribution in [1.29, 1.82) is 0 Å². The Morgan fingerprint density at radius 2 is 2.20 bits per heavy atom. The van der Waals surface area contributed by atoms with E-state index >= 15 is 0 Å². The average molecular weight is 297 g/mol. The van der Waals surface area contributed by atoms with Crippen LogP contribution in [0.3, 0.4) is 0 Å². The molecule has 0 aromatic carbocycles. The Bertz CT molecular complexity index is 484. The molecule has 1 aliphatic heterocycles. The quantitative estimate of drug-likeness (QED) is 0.835. The molecule has 1 unspecified atom stereocenters. The molecule has 0 aliphatic carbocycles. The minimum Gasteiger partial charge on any atom is -0.381 e. The summed E-state index contributed by atoms with van der Waals surface area (Å²) in [5.41, 5.74) is 0.879. The fourth-order valence-corrected chi connectivity index (χ4v) is 2.55. The number of anilines is 1. The smallest absolute Gasteiger partial charge is 0.268 e. The van der Waals surface area contributed by atoms with E-state index in [1.807, 2.05) is 0 Å². The molecule has 1 aromatic rings. The Balaban J connectivity index is 2.04. The fraction of sp³-hybridized carbons (Fsp3) is 0.714. The van der Waals surface area contributed by atoms with E-state index in [-0.39, 0.29) is 5.56 Å². The maximum absolute atomic E-state index is 12.1. The maximum Gasteiger partial charge on any atom is 0.268 e. The number of rotatable bonds is 5. The van der Waals surface area contributed by atoms with Crippen molar-refractivity contribution in [3.8, 4) is 0 Å². The van der Waals surface area contributed by atoms with Crippen LogP contribution in [0.1, 0.15) is 19.8 Å². The lowest BCUT2D eigenvalue weighted by molar-refractivity contribution is 0.0819. The SMILES string of the molecule is COC1CCN(c2cnn(CC(C)CS)c(=O)c2)CC1. The van der Waals surface area contributed by atoms with E-state index in [1.165, 1.54) is 4.68 Å². The number of hydrogen-bond donors (Lipinski definition) is 1. The number of ether oxygens (including phenoxy) is 1. The lowest BCUT2D eigenvalue weighted by Gasteiger charge is -2.32. The van der Waals surface area contributed by atoms with E-state index in [1.54, 1.807) is 19.4 Å². The summed E-state index contributed by atoms with van der Waals surface area (Å²) in [6.07, 6.45) is 4.13. The number of piperidine rings is 1. The van der Waals surface area contributed by atoms with Crippen LogP contribution in [0, 0.1) is 5.92 Å². The van der Waals surface area contributed by atoms with Crippen molar-refractivity contribution < 1.29 is 4.74 Å². The van der Waals surface area contributed by atoms with Gasteiger partial charge in [-0.2, -0.15) is 17.7 Å². The molecule has 0 bridgehead atoms. The zero-order valence-electron chi connectivity index (χ0n) is 12.2. The summed E-state index contributed by atoms with van der Waals surface area (Å²) in [6, 6.07) is 1.69. The van der Waals surface area contributed by atoms with Gasteiger partial charge in [-0.05, 0) is 24.5 Å². The summed E-state index contributed by atoms with van der Waals surface area (Å²) in [4.78, 5) is 14.3. The minimum absolute atomic E-state index is 0.0370. The molecule has 5 nitrogen and oxygen atoms in total. The van der Waals surface area contributed by atoms with Crippen LogP contribution < -0.4 is 10.5 Å². The van der Waals surface area contributed by atoms with Gasteiger partial charge in [0.15, 0.2) is 0 Å². The van der Waals surface area contributed by atoms with Gasteiger partial charge in [0.05, 0.1) is 18.0 Å². The Morgan fingerprint density at radius 3 is 2.75 bits per heavy atom. The monoisotopic (exact) mass is 297 g/mol. The van der Waals surface area contributed by atoms with Gasteiger partial charge in [-0.1, -0.05) is 6.92 Å². The number of thiol groups is 1. The van der Waals surface area contributed by atoms with Gasteiger partial charge in [0, 0.05) is 32.8 Å². The number of aromatic nitrogens is 2. The van der Waals surface area contributed by atoms with E-state index in [4.69, 9.17) is 4.74 Å². The van der Waals surface area contributed by atoms with Crippen LogP contribution in [-0.4, -0.2) is 41.8 Å². The van der Waals surface area contributed by atoms with Crippen molar-refractivity contribution in [3.63, 3.8) is 0 Å². The van der Waals surface area contributed by atoms with E-state index < -0.39 is 0 Å². The van der Waals surface area contributed by atoms with Gasteiger partial charge in [0.1, 0.15) is 0 Å².